The highest BCUT2D eigenvalue weighted by molar-refractivity contribution is 5.85. The highest BCUT2D eigenvalue weighted by Crippen LogP contribution is 2.22. The van der Waals surface area contributed by atoms with Crippen molar-refractivity contribution >= 4 is 18.3 Å². The van der Waals surface area contributed by atoms with Gasteiger partial charge in [0.1, 0.15) is 18.5 Å². The summed E-state index contributed by atoms with van der Waals surface area (Å²) in [4.78, 5) is 12.2. The average molecular weight is 373 g/mol. The number of ether oxygens (including phenoxy) is 3. The summed E-state index contributed by atoms with van der Waals surface area (Å²) in [7, 11) is 0. The molecule has 3 N–H and O–H groups in total. The van der Waals surface area contributed by atoms with Crippen molar-refractivity contribution in [1.29, 1.82) is 0 Å². The zero-order chi connectivity index (χ0) is 17.4. The normalized spacial score (nSPS) is 19.3. The van der Waals surface area contributed by atoms with Gasteiger partial charge < -0.3 is 25.3 Å². The molecular weight excluding hydrogens is 344 g/mol. The molecule has 1 heterocycles. The number of carbonyl (C=O) groups is 1. The zero-order valence-corrected chi connectivity index (χ0v) is 15.8. The fourth-order valence-electron chi connectivity index (χ4n) is 2.67. The van der Waals surface area contributed by atoms with Crippen LogP contribution in [0.2, 0.25) is 0 Å². The Balaban J connectivity index is 0.00000312. The standard InChI is InChI=1S/C18H28N2O4.ClH/c1-3-22-8-9-23-17-10-13(2)4-5-14(17)12-20-18(21)16-7-6-15(11-19)24-16;/h4-5,10,15-16H,3,6-9,11-12,19H2,1-2H3,(H,20,21);1H/t15-,16+;/m1./s1. The maximum atomic E-state index is 12.2. The lowest BCUT2D eigenvalue weighted by molar-refractivity contribution is -0.132. The van der Waals surface area contributed by atoms with Gasteiger partial charge in [-0.1, -0.05) is 12.1 Å². The predicted molar refractivity (Wildman–Crippen MR) is 99.2 cm³/mol. The largest absolute Gasteiger partial charge is 0.491 e. The Labute approximate surface area is 155 Å². The van der Waals surface area contributed by atoms with Crippen molar-refractivity contribution in [2.45, 2.75) is 45.4 Å². The Kier molecular flexibility index (Phi) is 9.82. The Morgan fingerprint density at radius 2 is 2.16 bits per heavy atom. The Morgan fingerprint density at radius 1 is 1.36 bits per heavy atom. The van der Waals surface area contributed by atoms with Gasteiger partial charge in [0.2, 0.25) is 5.91 Å². The maximum absolute atomic E-state index is 12.2. The first-order chi connectivity index (χ1) is 11.6. The minimum absolute atomic E-state index is 0. The Bertz CT molecular complexity index is 542. The molecule has 2 atom stereocenters. The third kappa shape index (κ3) is 6.82. The molecule has 0 aliphatic carbocycles. The first kappa shape index (κ1) is 21.7. The molecule has 1 aliphatic heterocycles. The number of hydrogen-bond acceptors (Lipinski definition) is 5. The van der Waals surface area contributed by atoms with Gasteiger partial charge in [-0.2, -0.15) is 0 Å². The monoisotopic (exact) mass is 372 g/mol. The molecule has 7 heteroatoms. The van der Waals surface area contributed by atoms with Crippen molar-refractivity contribution in [1.82, 2.24) is 5.32 Å². The van der Waals surface area contributed by atoms with Gasteiger partial charge >= 0.3 is 0 Å². The van der Waals surface area contributed by atoms with Gasteiger partial charge in [0.25, 0.3) is 0 Å². The summed E-state index contributed by atoms with van der Waals surface area (Å²) < 4.78 is 16.7. The molecule has 0 saturated carbocycles. The van der Waals surface area contributed by atoms with Crippen LogP contribution >= 0.6 is 12.4 Å². The SMILES string of the molecule is CCOCCOc1cc(C)ccc1CNC(=O)[C@@H]1CC[C@H](CN)O1.Cl. The Morgan fingerprint density at radius 3 is 2.84 bits per heavy atom. The van der Waals surface area contributed by atoms with E-state index in [0.717, 1.165) is 29.7 Å². The minimum Gasteiger partial charge on any atom is -0.491 e. The quantitative estimate of drug-likeness (QED) is 0.647. The van der Waals surface area contributed by atoms with Gasteiger partial charge in [0.05, 0.1) is 12.7 Å². The molecule has 1 aromatic rings. The van der Waals surface area contributed by atoms with Crippen LogP contribution in [-0.2, 0) is 20.8 Å². The first-order valence-corrected chi connectivity index (χ1v) is 8.57. The lowest BCUT2D eigenvalue weighted by atomic mass is 10.1. The number of aryl methyl sites for hydroxylation is 1. The molecule has 0 unspecified atom stereocenters. The van der Waals surface area contributed by atoms with Gasteiger partial charge in [-0.25, -0.2) is 0 Å². The molecule has 0 spiro atoms. The second-order valence-electron chi connectivity index (χ2n) is 5.93. The first-order valence-electron chi connectivity index (χ1n) is 8.57. The van der Waals surface area contributed by atoms with Crippen LogP contribution in [0.5, 0.6) is 5.75 Å². The fourth-order valence-corrected chi connectivity index (χ4v) is 2.67. The molecule has 6 nitrogen and oxygen atoms in total. The van der Waals surface area contributed by atoms with Crippen LogP contribution in [-0.4, -0.2) is 44.5 Å². The van der Waals surface area contributed by atoms with Crippen molar-refractivity contribution in [3.8, 4) is 5.75 Å². The van der Waals surface area contributed by atoms with Crippen LogP contribution in [0.3, 0.4) is 0 Å². The van der Waals surface area contributed by atoms with Gasteiger partial charge in [-0.15, -0.1) is 12.4 Å². The summed E-state index contributed by atoms with van der Waals surface area (Å²) >= 11 is 0. The van der Waals surface area contributed by atoms with E-state index >= 15 is 0 Å². The number of hydrogen-bond donors (Lipinski definition) is 2. The van der Waals surface area contributed by atoms with E-state index < -0.39 is 6.10 Å². The third-order valence-corrected chi connectivity index (χ3v) is 4.03. The highest BCUT2D eigenvalue weighted by Gasteiger charge is 2.29. The number of benzene rings is 1. The van der Waals surface area contributed by atoms with Gasteiger partial charge in [0, 0.05) is 25.3 Å². The lowest BCUT2D eigenvalue weighted by Crippen LogP contribution is -2.35. The van der Waals surface area contributed by atoms with Crippen molar-refractivity contribution in [3.05, 3.63) is 29.3 Å². The van der Waals surface area contributed by atoms with Crippen molar-refractivity contribution in [2.24, 2.45) is 5.73 Å². The van der Waals surface area contributed by atoms with Crippen LogP contribution in [0.1, 0.15) is 30.9 Å². The van der Waals surface area contributed by atoms with Crippen molar-refractivity contribution in [2.75, 3.05) is 26.4 Å². The van der Waals surface area contributed by atoms with E-state index in [-0.39, 0.29) is 24.4 Å². The van der Waals surface area contributed by atoms with E-state index in [1.54, 1.807) is 0 Å². The molecule has 1 aliphatic rings. The fraction of sp³-hybridized carbons (Fsp3) is 0.611. The van der Waals surface area contributed by atoms with Crippen LogP contribution < -0.4 is 15.8 Å². The number of rotatable bonds is 9. The molecular formula is C18H29ClN2O4. The topological polar surface area (TPSA) is 82.8 Å². The number of nitrogens with two attached hydrogens (primary N) is 1. The van der Waals surface area contributed by atoms with Gasteiger partial charge in [-0.05, 0) is 38.3 Å². The molecule has 1 amide bonds. The summed E-state index contributed by atoms with van der Waals surface area (Å²) in [5.41, 5.74) is 7.64. The summed E-state index contributed by atoms with van der Waals surface area (Å²) in [6.07, 6.45) is 1.16. The van der Waals surface area contributed by atoms with E-state index in [0.29, 0.717) is 32.9 Å². The Hall–Kier alpha value is -1.34. The predicted octanol–water partition coefficient (Wildman–Crippen LogP) is 1.95. The van der Waals surface area contributed by atoms with Crippen LogP contribution in [0.25, 0.3) is 0 Å². The summed E-state index contributed by atoms with van der Waals surface area (Å²) in [5, 5.41) is 2.93. The maximum Gasteiger partial charge on any atom is 0.249 e. The van der Waals surface area contributed by atoms with E-state index in [1.807, 2.05) is 32.0 Å². The molecule has 2 rings (SSSR count). The zero-order valence-electron chi connectivity index (χ0n) is 15.0. The van der Waals surface area contributed by atoms with E-state index in [4.69, 9.17) is 19.9 Å². The van der Waals surface area contributed by atoms with E-state index in [1.165, 1.54) is 0 Å². The van der Waals surface area contributed by atoms with Gasteiger partial charge in [-0.3, -0.25) is 4.79 Å². The summed E-state index contributed by atoms with van der Waals surface area (Å²) in [6, 6.07) is 5.96. The summed E-state index contributed by atoms with van der Waals surface area (Å²) in [6.45, 7) is 6.54. The van der Waals surface area contributed by atoms with Crippen molar-refractivity contribution < 1.29 is 19.0 Å². The van der Waals surface area contributed by atoms with E-state index in [2.05, 4.69) is 5.32 Å². The number of carbonyl (C=O) groups excluding carboxylic acids is 1. The van der Waals surface area contributed by atoms with Crippen LogP contribution in [0.4, 0.5) is 0 Å². The smallest absolute Gasteiger partial charge is 0.249 e. The second kappa shape index (κ2) is 11.3. The minimum atomic E-state index is -0.397. The summed E-state index contributed by atoms with van der Waals surface area (Å²) in [5.74, 6) is 0.689. The third-order valence-electron chi connectivity index (χ3n) is 4.03. The number of amides is 1. The number of halogens is 1. The van der Waals surface area contributed by atoms with Crippen LogP contribution in [0, 0.1) is 6.92 Å². The molecule has 25 heavy (non-hydrogen) atoms. The highest BCUT2D eigenvalue weighted by atomic mass is 35.5. The van der Waals surface area contributed by atoms with Gasteiger partial charge in [0.15, 0.2) is 0 Å². The number of nitrogens with one attached hydrogen (secondary N) is 1. The van der Waals surface area contributed by atoms with Crippen molar-refractivity contribution in [3.63, 3.8) is 0 Å². The molecule has 0 bridgehead atoms. The molecule has 142 valence electrons. The van der Waals surface area contributed by atoms with Crippen LogP contribution in [0.15, 0.2) is 18.2 Å². The molecule has 1 fully saturated rings. The van der Waals surface area contributed by atoms with E-state index in [9.17, 15) is 4.79 Å². The second-order valence-corrected chi connectivity index (χ2v) is 5.93. The molecule has 0 aromatic heterocycles. The molecule has 1 saturated heterocycles. The average Bonchev–Trinajstić information content (AvgIpc) is 3.07. The molecule has 0 radical (unpaired) electrons. The lowest BCUT2D eigenvalue weighted by Gasteiger charge is -2.15. The molecule has 1 aromatic carbocycles.